The highest BCUT2D eigenvalue weighted by atomic mass is 32.1. The van der Waals surface area contributed by atoms with Crippen molar-refractivity contribution >= 4 is 23.3 Å². The maximum Gasteiger partial charge on any atom is 0.406 e. The van der Waals surface area contributed by atoms with Crippen LogP contribution in [0, 0.1) is 0 Å². The Hall–Kier alpha value is -1.77. The lowest BCUT2D eigenvalue weighted by molar-refractivity contribution is -0.148. The van der Waals surface area contributed by atoms with Gasteiger partial charge in [0.2, 0.25) is 0 Å². The minimum Gasteiger partial charge on any atom is -0.480 e. The van der Waals surface area contributed by atoms with E-state index in [1.165, 1.54) is 11.3 Å². The number of urea groups is 1. The van der Waals surface area contributed by atoms with Crippen molar-refractivity contribution in [2.75, 3.05) is 19.6 Å². The number of amides is 2. The third-order valence-corrected chi connectivity index (χ3v) is 3.15. The topological polar surface area (TPSA) is 69.6 Å². The molecule has 0 aliphatic heterocycles. The van der Waals surface area contributed by atoms with Gasteiger partial charge in [0, 0.05) is 11.4 Å². The van der Waals surface area contributed by atoms with E-state index in [9.17, 15) is 22.8 Å². The maximum absolute atomic E-state index is 12.2. The fraction of sp³-hybridized carbons (Fsp3) is 0.455. The van der Waals surface area contributed by atoms with Gasteiger partial charge < -0.3 is 15.3 Å². The number of carbonyl (C=O) groups excluding carboxylic acids is 1. The van der Waals surface area contributed by atoms with Crippen LogP contribution < -0.4 is 5.32 Å². The molecule has 0 aliphatic rings. The van der Waals surface area contributed by atoms with E-state index in [-0.39, 0.29) is 11.4 Å². The number of nitrogens with zero attached hydrogens (tertiary/aromatic N) is 1. The van der Waals surface area contributed by atoms with Gasteiger partial charge in [-0.25, -0.2) is 4.79 Å². The molecule has 0 unspecified atom stereocenters. The first-order valence-corrected chi connectivity index (χ1v) is 6.49. The number of nitrogens with one attached hydrogen (secondary N) is 1. The van der Waals surface area contributed by atoms with Crippen LogP contribution in [-0.2, 0) is 11.2 Å². The largest absolute Gasteiger partial charge is 0.480 e. The second-order valence-corrected chi connectivity index (χ2v) is 4.96. The van der Waals surface area contributed by atoms with Gasteiger partial charge in [-0.05, 0) is 17.9 Å². The molecule has 1 heterocycles. The van der Waals surface area contributed by atoms with Gasteiger partial charge in [0.25, 0.3) is 0 Å². The average molecular weight is 310 g/mol. The molecular weight excluding hydrogens is 297 g/mol. The quantitative estimate of drug-likeness (QED) is 0.844. The van der Waals surface area contributed by atoms with Crippen molar-refractivity contribution in [2.45, 2.75) is 12.6 Å². The molecule has 0 aliphatic carbocycles. The SMILES string of the molecule is O=C(O)CN(CC(F)(F)F)C(=O)NCCc1cccs1. The number of hydrogen-bond acceptors (Lipinski definition) is 3. The van der Waals surface area contributed by atoms with Crippen molar-refractivity contribution < 1.29 is 27.9 Å². The van der Waals surface area contributed by atoms with Crippen molar-refractivity contribution in [2.24, 2.45) is 0 Å². The van der Waals surface area contributed by atoms with Crippen molar-refractivity contribution in [3.05, 3.63) is 22.4 Å². The molecule has 0 atom stereocenters. The molecule has 0 fully saturated rings. The summed E-state index contributed by atoms with van der Waals surface area (Å²) in [6.07, 6.45) is -4.16. The van der Waals surface area contributed by atoms with Crippen molar-refractivity contribution in [1.29, 1.82) is 0 Å². The van der Waals surface area contributed by atoms with Gasteiger partial charge >= 0.3 is 18.2 Å². The van der Waals surface area contributed by atoms with Crippen molar-refractivity contribution in [1.82, 2.24) is 10.2 Å². The molecular formula is C11H13F3N2O3S. The molecule has 1 aromatic rings. The summed E-state index contributed by atoms with van der Waals surface area (Å²) < 4.78 is 36.7. The van der Waals surface area contributed by atoms with E-state index in [1.807, 2.05) is 17.5 Å². The summed E-state index contributed by atoms with van der Waals surface area (Å²) in [6, 6.07) is 2.62. The molecule has 9 heteroatoms. The first kappa shape index (κ1) is 16.3. The maximum atomic E-state index is 12.2. The highest BCUT2D eigenvalue weighted by Gasteiger charge is 2.33. The van der Waals surface area contributed by atoms with Crippen LogP contribution in [0.5, 0.6) is 0 Å². The summed E-state index contributed by atoms with van der Waals surface area (Å²) >= 11 is 1.46. The molecule has 2 amide bonds. The van der Waals surface area contributed by atoms with Crippen LogP contribution in [0.4, 0.5) is 18.0 Å². The highest BCUT2D eigenvalue weighted by molar-refractivity contribution is 7.09. The van der Waals surface area contributed by atoms with Crippen molar-refractivity contribution in [3.8, 4) is 0 Å². The van der Waals surface area contributed by atoms with Gasteiger partial charge in [0.15, 0.2) is 0 Å². The van der Waals surface area contributed by atoms with E-state index in [4.69, 9.17) is 5.11 Å². The molecule has 5 nitrogen and oxygen atoms in total. The molecule has 2 N–H and O–H groups in total. The van der Waals surface area contributed by atoms with E-state index < -0.39 is 31.3 Å². The summed E-state index contributed by atoms with van der Waals surface area (Å²) in [5.41, 5.74) is 0. The standard InChI is InChI=1S/C11H13F3N2O3S/c12-11(13,14)7-16(6-9(17)18)10(19)15-4-3-8-2-1-5-20-8/h1-2,5H,3-4,6-7H2,(H,15,19)(H,17,18). The lowest BCUT2D eigenvalue weighted by Gasteiger charge is -2.22. The van der Waals surface area contributed by atoms with Gasteiger partial charge in [0.1, 0.15) is 13.1 Å². The number of halogens is 3. The number of rotatable bonds is 6. The number of carboxylic acid groups (broad SMARTS) is 1. The van der Waals surface area contributed by atoms with E-state index in [2.05, 4.69) is 5.32 Å². The van der Waals surface area contributed by atoms with Crippen LogP contribution in [0.3, 0.4) is 0 Å². The van der Waals surface area contributed by atoms with Crippen LogP contribution in [0.2, 0.25) is 0 Å². The lowest BCUT2D eigenvalue weighted by Crippen LogP contribution is -2.47. The summed E-state index contributed by atoms with van der Waals surface area (Å²) in [7, 11) is 0. The summed E-state index contributed by atoms with van der Waals surface area (Å²) in [5.74, 6) is -1.50. The average Bonchev–Trinajstić information content (AvgIpc) is 2.78. The number of thiophene rings is 1. The summed E-state index contributed by atoms with van der Waals surface area (Å²) in [5, 5.41) is 12.6. The highest BCUT2D eigenvalue weighted by Crippen LogP contribution is 2.16. The monoisotopic (exact) mass is 310 g/mol. The van der Waals surface area contributed by atoms with Gasteiger partial charge in [-0.15, -0.1) is 11.3 Å². The molecule has 0 saturated carbocycles. The smallest absolute Gasteiger partial charge is 0.406 e. The normalized spacial score (nSPS) is 11.2. The summed E-state index contributed by atoms with van der Waals surface area (Å²) in [4.78, 5) is 23.2. The molecule has 20 heavy (non-hydrogen) atoms. The molecule has 0 bridgehead atoms. The minimum atomic E-state index is -4.64. The van der Waals surface area contributed by atoms with Gasteiger partial charge in [-0.1, -0.05) is 6.07 Å². The van der Waals surface area contributed by atoms with E-state index in [0.717, 1.165) is 4.88 Å². The molecule has 1 aromatic heterocycles. The van der Waals surface area contributed by atoms with Crippen LogP contribution >= 0.6 is 11.3 Å². The Morgan fingerprint density at radius 3 is 2.60 bits per heavy atom. The Morgan fingerprint density at radius 2 is 2.10 bits per heavy atom. The lowest BCUT2D eigenvalue weighted by atomic mass is 10.3. The Labute approximate surface area is 117 Å². The Kier molecular flexibility index (Phi) is 5.81. The molecule has 0 aromatic carbocycles. The van der Waals surface area contributed by atoms with E-state index in [0.29, 0.717) is 6.42 Å². The number of hydrogen-bond donors (Lipinski definition) is 2. The zero-order valence-corrected chi connectivity index (χ0v) is 11.1. The fourth-order valence-electron chi connectivity index (χ4n) is 1.44. The van der Waals surface area contributed by atoms with Gasteiger partial charge in [-0.3, -0.25) is 4.79 Å². The number of alkyl halides is 3. The first-order valence-electron chi connectivity index (χ1n) is 5.61. The predicted octanol–water partition coefficient (Wildman–Crippen LogP) is 1.95. The van der Waals surface area contributed by atoms with Crippen LogP contribution in [0.15, 0.2) is 17.5 Å². The third kappa shape index (κ3) is 6.41. The van der Waals surface area contributed by atoms with Crippen molar-refractivity contribution in [3.63, 3.8) is 0 Å². The molecule has 1 rings (SSSR count). The Morgan fingerprint density at radius 1 is 1.40 bits per heavy atom. The fourth-order valence-corrected chi connectivity index (χ4v) is 2.15. The predicted molar refractivity (Wildman–Crippen MR) is 66.7 cm³/mol. The first-order chi connectivity index (χ1) is 9.28. The zero-order valence-electron chi connectivity index (χ0n) is 10.3. The van der Waals surface area contributed by atoms with Crippen LogP contribution in [0.1, 0.15) is 4.88 Å². The number of carboxylic acids is 1. The second kappa shape index (κ2) is 7.13. The minimum absolute atomic E-state index is 0.146. The Bertz CT molecular complexity index is 448. The molecule has 0 radical (unpaired) electrons. The molecule has 0 saturated heterocycles. The van der Waals surface area contributed by atoms with Crippen LogP contribution in [0.25, 0.3) is 0 Å². The second-order valence-electron chi connectivity index (χ2n) is 3.93. The summed E-state index contributed by atoms with van der Waals surface area (Å²) in [6.45, 7) is -2.44. The zero-order chi connectivity index (χ0) is 15.2. The van der Waals surface area contributed by atoms with Gasteiger partial charge in [-0.2, -0.15) is 13.2 Å². The van der Waals surface area contributed by atoms with E-state index >= 15 is 0 Å². The third-order valence-electron chi connectivity index (χ3n) is 2.21. The number of aliphatic carboxylic acids is 1. The van der Waals surface area contributed by atoms with Crippen LogP contribution in [-0.4, -0.2) is 47.8 Å². The Balaban J connectivity index is 2.47. The number of carbonyl (C=O) groups is 2. The molecule has 112 valence electrons. The molecule has 0 spiro atoms. The van der Waals surface area contributed by atoms with E-state index in [1.54, 1.807) is 0 Å². The van der Waals surface area contributed by atoms with Gasteiger partial charge in [0.05, 0.1) is 0 Å².